The topological polar surface area (TPSA) is 66.3 Å². The molecule has 0 saturated heterocycles. The molecule has 0 aliphatic heterocycles. The zero-order valence-electron chi connectivity index (χ0n) is 13.4. The second-order valence-corrected chi connectivity index (χ2v) is 5.07. The van der Waals surface area contributed by atoms with Crippen LogP contribution in [0.15, 0.2) is 19.2 Å². The van der Waals surface area contributed by atoms with Crippen molar-refractivity contribution in [2.75, 3.05) is 18.0 Å². The van der Waals surface area contributed by atoms with Gasteiger partial charge < -0.3 is 10.0 Å². The molecule has 0 aliphatic rings. The lowest BCUT2D eigenvalue weighted by Gasteiger charge is -2.23. The number of rotatable bonds is 11. The molecule has 0 bridgehead atoms. The summed E-state index contributed by atoms with van der Waals surface area (Å²) < 4.78 is 0. The van der Waals surface area contributed by atoms with E-state index in [4.69, 9.17) is 11.5 Å². The predicted octanol–water partition coefficient (Wildman–Crippen LogP) is 3.24. The molecule has 122 valence electrons. The molecule has 0 atom stereocenters. The molecule has 0 saturated carbocycles. The Hall–Kier alpha value is -2.61. The predicted molar refractivity (Wildman–Crippen MR) is 94.0 cm³/mol. The third kappa shape index (κ3) is 6.79. The highest BCUT2D eigenvalue weighted by molar-refractivity contribution is 5.66. The van der Waals surface area contributed by atoms with Crippen LogP contribution in [0.3, 0.4) is 0 Å². The summed E-state index contributed by atoms with van der Waals surface area (Å²) in [5.41, 5.74) is 1.44. The largest absolute Gasteiger partial charge is 0.481 e. The van der Waals surface area contributed by atoms with Gasteiger partial charge in [0.05, 0.1) is 11.4 Å². The second-order valence-electron chi connectivity index (χ2n) is 5.07. The molecule has 0 amide bonds. The summed E-state index contributed by atoms with van der Waals surface area (Å²) in [7, 11) is 0. The Morgan fingerprint density at radius 3 is 2.35 bits per heavy atom. The van der Waals surface area contributed by atoms with E-state index in [0.29, 0.717) is 18.9 Å². The standard InChI is InChI=1S/C18H23N3O2/c1-4-7-8-9-12-21(13-10-11-17(22)23)18-19-15(5-2)14-16(6-3)20-18/h1,5-6,14H,2-3,7-13H2,(H,22,23). The van der Waals surface area contributed by atoms with Gasteiger partial charge >= 0.3 is 5.97 Å². The number of anilines is 1. The number of carbonyl (C=O) groups is 1. The third-order valence-electron chi connectivity index (χ3n) is 3.27. The molecule has 0 radical (unpaired) electrons. The normalized spacial score (nSPS) is 9.87. The minimum Gasteiger partial charge on any atom is -0.481 e. The summed E-state index contributed by atoms with van der Waals surface area (Å²) >= 11 is 0. The Morgan fingerprint density at radius 2 is 1.83 bits per heavy atom. The molecule has 23 heavy (non-hydrogen) atoms. The maximum atomic E-state index is 10.7. The average molecular weight is 313 g/mol. The molecule has 1 aromatic heterocycles. The number of nitrogens with zero attached hydrogens (tertiary/aromatic N) is 3. The fourth-order valence-corrected chi connectivity index (χ4v) is 2.09. The number of carboxylic acids is 1. The monoisotopic (exact) mass is 313 g/mol. The first-order chi connectivity index (χ1) is 11.1. The molecular formula is C18H23N3O2. The molecule has 0 fully saturated rings. The van der Waals surface area contributed by atoms with E-state index in [1.54, 1.807) is 18.2 Å². The maximum Gasteiger partial charge on any atom is 0.303 e. The molecule has 1 rings (SSSR count). The Kier molecular flexibility index (Phi) is 8.16. The Bertz CT molecular complexity index is 564. The van der Waals surface area contributed by atoms with Crippen molar-refractivity contribution in [3.05, 3.63) is 30.6 Å². The lowest BCUT2D eigenvalue weighted by Crippen LogP contribution is -2.28. The number of terminal acetylenes is 1. The van der Waals surface area contributed by atoms with E-state index in [9.17, 15) is 4.79 Å². The fourth-order valence-electron chi connectivity index (χ4n) is 2.09. The molecule has 0 unspecified atom stereocenters. The van der Waals surface area contributed by atoms with Crippen LogP contribution in [-0.4, -0.2) is 34.1 Å². The average Bonchev–Trinajstić information content (AvgIpc) is 2.56. The van der Waals surface area contributed by atoms with E-state index in [1.807, 2.05) is 4.90 Å². The van der Waals surface area contributed by atoms with E-state index in [2.05, 4.69) is 29.0 Å². The maximum absolute atomic E-state index is 10.7. The van der Waals surface area contributed by atoms with E-state index >= 15 is 0 Å². The zero-order chi connectivity index (χ0) is 17.1. The first-order valence-corrected chi connectivity index (χ1v) is 7.65. The summed E-state index contributed by atoms with van der Waals surface area (Å²) in [5, 5.41) is 8.81. The van der Waals surface area contributed by atoms with Crippen LogP contribution in [0, 0.1) is 12.3 Å². The molecule has 0 aromatic carbocycles. The molecular weight excluding hydrogens is 290 g/mol. The molecule has 0 aliphatic carbocycles. The van der Waals surface area contributed by atoms with Crippen molar-refractivity contribution in [2.45, 2.75) is 32.1 Å². The van der Waals surface area contributed by atoms with Crippen LogP contribution >= 0.6 is 0 Å². The van der Waals surface area contributed by atoms with E-state index < -0.39 is 5.97 Å². The van der Waals surface area contributed by atoms with Gasteiger partial charge in [-0.3, -0.25) is 4.79 Å². The smallest absolute Gasteiger partial charge is 0.303 e. The van der Waals surface area contributed by atoms with Crippen molar-refractivity contribution in [1.29, 1.82) is 0 Å². The van der Waals surface area contributed by atoms with Gasteiger partial charge in [0.25, 0.3) is 0 Å². The summed E-state index contributed by atoms with van der Waals surface area (Å²) in [6.07, 6.45) is 11.8. The number of hydrogen-bond acceptors (Lipinski definition) is 4. The molecule has 0 spiro atoms. The minimum atomic E-state index is -0.801. The highest BCUT2D eigenvalue weighted by Crippen LogP contribution is 2.14. The van der Waals surface area contributed by atoms with Crippen molar-refractivity contribution in [3.63, 3.8) is 0 Å². The van der Waals surface area contributed by atoms with Crippen LogP contribution in [0.4, 0.5) is 5.95 Å². The van der Waals surface area contributed by atoms with Gasteiger partial charge in [0.1, 0.15) is 0 Å². The first kappa shape index (κ1) is 18.4. The van der Waals surface area contributed by atoms with Crippen LogP contribution in [0.5, 0.6) is 0 Å². The van der Waals surface area contributed by atoms with E-state index in [0.717, 1.165) is 37.2 Å². The highest BCUT2D eigenvalue weighted by atomic mass is 16.4. The SMILES string of the molecule is C#CCCCCN(CCCC(=O)O)c1nc(C=C)cc(C=C)n1. The Labute approximate surface area is 137 Å². The first-order valence-electron chi connectivity index (χ1n) is 7.65. The van der Waals surface area contributed by atoms with Crippen LogP contribution in [0.1, 0.15) is 43.5 Å². The van der Waals surface area contributed by atoms with Crippen molar-refractivity contribution in [2.24, 2.45) is 0 Å². The lowest BCUT2D eigenvalue weighted by atomic mass is 10.2. The number of aliphatic carboxylic acids is 1. The van der Waals surface area contributed by atoms with E-state index in [-0.39, 0.29) is 6.42 Å². The molecule has 5 nitrogen and oxygen atoms in total. The summed E-state index contributed by atoms with van der Waals surface area (Å²) in [4.78, 5) is 21.6. The van der Waals surface area contributed by atoms with Gasteiger partial charge in [0.2, 0.25) is 5.95 Å². The molecule has 1 aromatic rings. The zero-order valence-corrected chi connectivity index (χ0v) is 13.4. The third-order valence-corrected chi connectivity index (χ3v) is 3.27. The molecule has 1 heterocycles. The molecule has 1 N–H and O–H groups in total. The Morgan fingerprint density at radius 1 is 1.22 bits per heavy atom. The van der Waals surface area contributed by atoms with Gasteiger partial charge in [0.15, 0.2) is 0 Å². The fraction of sp³-hybridized carbons (Fsp3) is 0.389. The number of hydrogen-bond donors (Lipinski definition) is 1. The summed E-state index contributed by atoms with van der Waals surface area (Å²) in [6, 6.07) is 1.80. The Balaban J connectivity index is 2.87. The van der Waals surface area contributed by atoms with Crippen molar-refractivity contribution < 1.29 is 9.90 Å². The van der Waals surface area contributed by atoms with Gasteiger partial charge in [-0.1, -0.05) is 13.2 Å². The number of unbranched alkanes of at least 4 members (excludes halogenated alkanes) is 2. The van der Waals surface area contributed by atoms with Gasteiger partial charge in [0, 0.05) is 25.9 Å². The van der Waals surface area contributed by atoms with Gasteiger partial charge in [-0.15, -0.1) is 12.3 Å². The van der Waals surface area contributed by atoms with Crippen molar-refractivity contribution in [1.82, 2.24) is 9.97 Å². The van der Waals surface area contributed by atoms with Crippen LogP contribution in [0.25, 0.3) is 12.2 Å². The summed E-state index contributed by atoms with van der Waals surface area (Å²) in [6.45, 7) is 8.79. The highest BCUT2D eigenvalue weighted by Gasteiger charge is 2.12. The number of aromatic nitrogens is 2. The van der Waals surface area contributed by atoms with Crippen LogP contribution in [0.2, 0.25) is 0 Å². The summed E-state index contributed by atoms with van der Waals surface area (Å²) in [5.74, 6) is 2.39. The number of carboxylic acid groups (broad SMARTS) is 1. The van der Waals surface area contributed by atoms with Crippen molar-refractivity contribution >= 4 is 24.1 Å². The van der Waals surface area contributed by atoms with E-state index in [1.165, 1.54) is 0 Å². The van der Waals surface area contributed by atoms with Crippen molar-refractivity contribution in [3.8, 4) is 12.3 Å². The lowest BCUT2D eigenvalue weighted by molar-refractivity contribution is -0.137. The second kappa shape index (κ2) is 10.2. The van der Waals surface area contributed by atoms with Gasteiger partial charge in [-0.25, -0.2) is 9.97 Å². The van der Waals surface area contributed by atoms with Gasteiger partial charge in [-0.2, -0.15) is 0 Å². The van der Waals surface area contributed by atoms with Gasteiger partial charge in [-0.05, 0) is 37.5 Å². The van der Waals surface area contributed by atoms with Crippen LogP contribution < -0.4 is 4.90 Å². The minimum absolute atomic E-state index is 0.121. The quantitative estimate of drug-likeness (QED) is 0.502. The van der Waals surface area contributed by atoms with Crippen LogP contribution in [-0.2, 0) is 4.79 Å². The molecule has 5 heteroatoms.